The molecular weight excluding hydrogens is 268 g/mol. The van der Waals surface area contributed by atoms with Crippen LogP contribution in [-0.4, -0.2) is 58.5 Å². The van der Waals surface area contributed by atoms with Gasteiger partial charge in [-0.15, -0.1) is 0 Å². The molecule has 1 atom stereocenters. The molecule has 1 fully saturated rings. The molecule has 0 radical (unpaired) electrons. The summed E-state index contributed by atoms with van der Waals surface area (Å²) >= 11 is 0. The Morgan fingerprint density at radius 3 is 2.62 bits per heavy atom. The molecule has 118 valence electrons. The SMILES string of the molecule is COc1ccc(CC(CN)CN2CCOCC2)c(OC)c1. The second-order valence-corrected chi connectivity index (χ2v) is 5.40. The predicted octanol–water partition coefficient (Wildman–Crippen LogP) is 1.15. The third-order valence-corrected chi connectivity index (χ3v) is 3.96. The number of morpholine rings is 1. The zero-order valence-electron chi connectivity index (χ0n) is 13.0. The van der Waals surface area contributed by atoms with E-state index in [9.17, 15) is 0 Å². The smallest absolute Gasteiger partial charge is 0.125 e. The van der Waals surface area contributed by atoms with Crippen molar-refractivity contribution in [2.24, 2.45) is 11.7 Å². The van der Waals surface area contributed by atoms with Crippen LogP contribution in [0.15, 0.2) is 18.2 Å². The summed E-state index contributed by atoms with van der Waals surface area (Å²) in [4.78, 5) is 2.43. The number of nitrogens with zero attached hydrogens (tertiary/aromatic N) is 1. The van der Waals surface area contributed by atoms with E-state index in [1.54, 1.807) is 14.2 Å². The number of methoxy groups -OCH3 is 2. The molecule has 1 heterocycles. The number of rotatable bonds is 7. The van der Waals surface area contributed by atoms with Crippen LogP contribution in [0, 0.1) is 5.92 Å². The Kier molecular flexibility index (Phi) is 6.29. The second kappa shape index (κ2) is 8.22. The van der Waals surface area contributed by atoms with Crippen molar-refractivity contribution in [3.05, 3.63) is 23.8 Å². The van der Waals surface area contributed by atoms with Crippen LogP contribution in [0.4, 0.5) is 0 Å². The maximum Gasteiger partial charge on any atom is 0.125 e. The van der Waals surface area contributed by atoms with Crippen LogP contribution in [-0.2, 0) is 11.2 Å². The van der Waals surface area contributed by atoms with Gasteiger partial charge in [-0.05, 0) is 30.5 Å². The lowest BCUT2D eigenvalue weighted by molar-refractivity contribution is 0.0311. The topological polar surface area (TPSA) is 57.0 Å². The quantitative estimate of drug-likeness (QED) is 0.817. The van der Waals surface area contributed by atoms with Gasteiger partial charge in [0.2, 0.25) is 0 Å². The Balaban J connectivity index is 2.00. The van der Waals surface area contributed by atoms with Crippen molar-refractivity contribution in [3.63, 3.8) is 0 Å². The molecule has 1 unspecified atom stereocenters. The van der Waals surface area contributed by atoms with E-state index in [1.165, 1.54) is 5.56 Å². The van der Waals surface area contributed by atoms with Crippen LogP contribution in [0.1, 0.15) is 5.56 Å². The minimum absolute atomic E-state index is 0.422. The van der Waals surface area contributed by atoms with Crippen molar-refractivity contribution >= 4 is 0 Å². The Hall–Kier alpha value is -1.30. The van der Waals surface area contributed by atoms with Gasteiger partial charge in [-0.3, -0.25) is 4.90 Å². The lowest BCUT2D eigenvalue weighted by atomic mass is 9.97. The highest BCUT2D eigenvalue weighted by Crippen LogP contribution is 2.26. The Morgan fingerprint density at radius 1 is 1.24 bits per heavy atom. The largest absolute Gasteiger partial charge is 0.497 e. The summed E-state index contributed by atoms with van der Waals surface area (Å²) in [6, 6.07) is 5.97. The summed E-state index contributed by atoms with van der Waals surface area (Å²) in [6.45, 7) is 5.32. The van der Waals surface area contributed by atoms with Gasteiger partial charge in [-0.1, -0.05) is 6.07 Å². The van der Waals surface area contributed by atoms with E-state index in [4.69, 9.17) is 19.9 Å². The normalized spacial score (nSPS) is 17.5. The summed E-state index contributed by atoms with van der Waals surface area (Å²) in [5.74, 6) is 2.10. The standard InChI is InChI=1S/C16H26N2O3/c1-19-15-4-3-14(16(10-15)20-2)9-13(11-17)12-18-5-7-21-8-6-18/h3-4,10,13H,5-9,11-12,17H2,1-2H3. The summed E-state index contributed by atoms with van der Waals surface area (Å²) in [7, 11) is 3.35. The highest BCUT2D eigenvalue weighted by molar-refractivity contribution is 5.41. The fourth-order valence-corrected chi connectivity index (χ4v) is 2.70. The number of benzene rings is 1. The van der Waals surface area contributed by atoms with Crippen molar-refractivity contribution in [1.82, 2.24) is 4.90 Å². The third-order valence-electron chi connectivity index (χ3n) is 3.96. The van der Waals surface area contributed by atoms with Gasteiger partial charge in [0.1, 0.15) is 11.5 Å². The van der Waals surface area contributed by atoms with Crippen molar-refractivity contribution in [1.29, 1.82) is 0 Å². The Morgan fingerprint density at radius 2 is 2.00 bits per heavy atom. The molecule has 5 heteroatoms. The lowest BCUT2D eigenvalue weighted by Gasteiger charge is -2.30. The Bertz CT molecular complexity index is 434. The van der Waals surface area contributed by atoms with Crippen molar-refractivity contribution in [3.8, 4) is 11.5 Å². The van der Waals surface area contributed by atoms with Gasteiger partial charge in [-0.2, -0.15) is 0 Å². The van der Waals surface area contributed by atoms with Crippen LogP contribution in [0.5, 0.6) is 11.5 Å². The van der Waals surface area contributed by atoms with Gasteiger partial charge >= 0.3 is 0 Å². The molecule has 0 saturated carbocycles. The molecular formula is C16H26N2O3. The van der Waals surface area contributed by atoms with Gasteiger partial charge in [0.05, 0.1) is 27.4 Å². The number of ether oxygens (including phenoxy) is 3. The number of hydrogen-bond donors (Lipinski definition) is 1. The molecule has 0 amide bonds. The first kappa shape index (κ1) is 16.1. The van der Waals surface area contributed by atoms with Gasteiger partial charge in [-0.25, -0.2) is 0 Å². The average molecular weight is 294 g/mol. The molecule has 1 aliphatic heterocycles. The van der Waals surface area contributed by atoms with E-state index in [2.05, 4.69) is 11.0 Å². The van der Waals surface area contributed by atoms with E-state index in [0.717, 1.165) is 50.8 Å². The molecule has 0 spiro atoms. The fourth-order valence-electron chi connectivity index (χ4n) is 2.70. The molecule has 1 aliphatic rings. The first-order valence-corrected chi connectivity index (χ1v) is 7.48. The molecule has 0 aromatic heterocycles. The third kappa shape index (κ3) is 4.59. The second-order valence-electron chi connectivity index (χ2n) is 5.40. The minimum atomic E-state index is 0.422. The van der Waals surface area contributed by atoms with Crippen LogP contribution >= 0.6 is 0 Å². The van der Waals surface area contributed by atoms with Gasteiger partial charge in [0, 0.05) is 25.7 Å². The molecule has 1 aromatic carbocycles. The first-order valence-electron chi connectivity index (χ1n) is 7.48. The molecule has 5 nitrogen and oxygen atoms in total. The minimum Gasteiger partial charge on any atom is -0.497 e. The van der Waals surface area contributed by atoms with E-state index < -0.39 is 0 Å². The highest BCUT2D eigenvalue weighted by atomic mass is 16.5. The molecule has 2 N–H and O–H groups in total. The molecule has 1 saturated heterocycles. The average Bonchev–Trinajstić information content (AvgIpc) is 2.55. The monoisotopic (exact) mass is 294 g/mol. The predicted molar refractivity (Wildman–Crippen MR) is 83.1 cm³/mol. The zero-order valence-corrected chi connectivity index (χ0v) is 13.0. The summed E-state index contributed by atoms with van der Waals surface area (Å²) < 4.78 is 16.1. The van der Waals surface area contributed by atoms with Gasteiger partial charge in [0.15, 0.2) is 0 Å². The maximum atomic E-state index is 5.96. The van der Waals surface area contributed by atoms with Crippen LogP contribution in [0.2, 0.25) is 0 Å². The number of nitrogens with two attached hydrogens (primary N) is 1. The van der Waals surface area contributed by atoms with Crippen molar-refractivity contribution < 1.29 is 14.2 Å². The van der Waals surface area contributed by atoms with E-state index in [-0.39, 0.29) is 0 Å². The highest BCUT2D eigenvalue weighted by Gasteiger charge is 2.18. The van der Waals surface area contributed by atoms with Gasteiger partial charge in [0.25, 0.3) is 0 Å². The summed E-state index contributed by atoms with van der Waals surface area (Å²) in [6.07, 6.45) is 0.918. The van der Waals surface area contributed by atoms with E-state index in [1.807, 2.05) is 12.1 Å². The van der Waals surface area contributed by atoms with E-state index in [0.29, 0.717) is 12.5 Å². The van der Waals surface area contributed by atoms with Crippen LogP contribution < -0.4 is 15.2 Å². The first-order chi connectivity index (χ1) is 10.3. The molecule has 0 bridgehead atoms. The summed E-state index contributed by atoms with van der Waals surface area (Å²) in [5.41, 5.74) is 7.14. The molecule has 1 aromatic rings. The van der Waals surface area contributed by atoms with E-state index >= 15 is 0 Å². The number of hydrogen-bond acceptors (Lipinski definition) is 5. The van der Waals surface area contributed by atoms with Crippen molar-refractivity contribution in [2.45, 2.75) is 6.42 Å². The molecule has 0 aliphatic carbocycles. The lowest BCUT2D eigenvalue weighted by Crippen LogP contribution is -2.41. The molecule has 2 rings (SSSR count). The van der Waals surface area contributed by atoms with Gasteiger partial charge < -0.3 is 19.9 Å². The van der Waals surface area contributed by atoms with Crippen LogP contribution in [0.3, 0.4) is 0 Å². The Labute approximate surface area is 127 Å². The van der Waals surface area contributed by atoms with Crippen molar-refractivity contribution in [2.75, 3.05) is 53.6 Å². The zero-order chi connectivity index (χ0) is 15.1. The summed E-state index contributed by atoms with van der Waals surface area (Å²) in [5, 5.41) is 0. The molecule has 21 heavy (non-hydrogen) atoms. The van der Waals surface area contributed by atoms with Crippen LogP contribution in [0.25, 0.3) is 0 Å². The maximum absolute atomic E-state index is 5.96. The fraction of sp³-hybridized carbons (Fsp3) is 0.625.